The number of thiophene rings is 2. The van der Waals surface area contributed by atoms with Gasteiger partial charge in [0.2, 0.25) is 0 Å². The van der Waals surface area contributed by atoms with Gasteiger partial charge in [0.1, 0.15) is 0 Å². The molecule has 0 radical (unpaired) electrons. The first-order valence-electron chi connectivity index (χ1n) is 10.8. The van der Waals surface area contributed by atoms with E-state index in [9.17, 15) is 14.7 Å². The van der Waals surface area contributed by atoms with E-state index in [-0.39, 0.29) is 18.9 Å². The maximum atomic E-state index is 11.2. The Hall–Kier alpha value is -2.65. The third-order valence-electron chi connectivity index (χ3n) is 5.35. The number of likely N-dealkylation sites (tertiary alicyclic amines) is 1. The summed E-state index contributed by atoms with van der Waals surface area (Å²) in [6.07, 6.45) is 5.01. The molecule has 10 heteroatoms. The van der Waals surface area contributed by atoms with Crippen LogP contribution >= 0.6 is 22.7 Å². The first-order chi connectivity index (χ1) is 15.8. The van der Waals surface area contributed by atoms with Crippen LogP contribution in [0.5, 0.6) is 0 Å². The Labute approximate surface area is 201 Å². The van der Waals surface area contributed by atoms with E-state index < -0.39 is 11.9 Å². The Morgan fingerprint density at radius 3 is 2.33 bits per heavy atom. The Bertz CT molecular complexity index is 964. The number of carbonyl (C=O) groups is 2. The second-order valence-electron chi connectivity index (χ2n) is 7.85. The van der Waals surface area contributed by atoms with Crippen molar-refractivity contribution in [2.45, 2.75) is 39.5 Å². The van der Waals surface area contributed by atoms with Gasteiger partial charge in [-0.25, -0.2) is 0 Å². The predicted octanol–water partition coefficient (Wildman–Crippen LogP) is 5.82. The number of azide groups is 1. The van der Waals surface area contributed by atoms with Crippen molar-refractivity contribution in [3.8, 4) is 0 Å². The number of carboxylic acid groups (broad SMARTS) is 2. The number of hydrogen-bond donors (Lipinski definition) is 2. The fourth-order valence-corrected chi connectivity index (χ4v) is 5.64. The average Bonchev–Trinajstić information content (AvgIpc) is 3.40. The molecule has 0 bridgehead atoms. The zero-order valence-corrected chi connectivity index (χ0v) is 20.6. The molecule has 0 saturated carbocycles. The fourth-order valence-electron chi connectivity index (χ4n) is 3.63. The molecule has 2 aromatic heterocycles. The molecule has 8 nitrogen and oxygen atoms in total. The van der Waals surface area contributed by atoms with Gasteiger partial charge >= 0.3 is 11.9 Å². The van der Waals surface area contributed by atoms with Crippen LogP contribution in [-0.2, 0) is 9.59 Å². The number of aryl methyl sites for hydroxylation is 2. The second-order valence-corrected chi connectivity index (χ2v) is 9.68. The smallest absolute Gasteiger partial charge is 0.307 e. The number of carboxylic acids is 2. The second kappa shape index (κ2) is 13.8. The van der Waals surface area contributed by atoms with Crippen molar-refractivity contribution in [2.24, 2.45) is 11.0 Å². The lowest BCUT2D eigenvalue weighted by Crippen LogP contribution is -2.39. The Kier molecular flexibility index (Phi) is 11.1. The van der Waals surface area contributed by atoms with E-state index in [0.717, 1.165) is 32.4 Å². The summed E-state index contributed by atoms with van der Waals surface area (Å²) in [6.45, 7) is 7.01. The molecule has 1 aliphatic heterocycles. The lowest BCUT2D eigenvalue weighted by atomic mass is 9.98. The van der Waals surface area contributed by atoms with Crippen molar-refractivity contribution >= 4 is 40.2 Å². The molecule has 0 amide bonds. The average molecular weight is 491 g/mol. The maximum Gasteiger partial charge on any atom is 0.307 e. The molecule has 0 unspecified atom stereocenters. The minimum atomic E-state index is -0.947. The van der Waals surface area contributed by atoms with Crippen molar-refractivity contribution in [2.75, 3.05) is 26.2 Å². The van der Waals surface area contributed by atoms with Crippen molar-refractivity contribution in [1.82, 2.24) is 4.90 Å². The quantitative estimate of drug-likeness (QED) is 0.260. The number of nitrogens with zero attached hydrogens (tertiary/aromatic N) is 4. The van der Waals surface area contributed by atoms with E-state index in [1.54, 1.807) is 22.7 Å². The lowest BCUT2D eigenvalue weighted by molar-refractivity contribution is -0.143. The van der Waals surface area contributed by atoms with Crippen molar-refractivity contribution in [3.63, 3.8) is 0 Å². The normalized spacial score (nSPS) is 15.6. The highest BCUT2D eigenvalue weighted by Crippen LogP contribution is 2.35. The molecule has 3 rings (SSSR count). The van der Waals surface area contributed by atoms with Gasteiger partial charge in [-0.05, 0) is 79.2 Å². The summed E-state index contributed by atoms with van der Waals surface area (Å²) >= 11 is 3.60. The third kappa shape index (κ3) is 8.66. The van der Waals surface area contributed by atoms with Crippen LogP contribution in [-0.4, -0.2) is 53.2 Å². The number of rotatable bonds is 9. The molecule has 0 spiro atoms. The van der Waals surface area contributed by atoms with Gasteiger partial charge in [-0.1, -0.05) is 11.2 Å². The van der Waals surface area contributed by atoms with Crippen LogP contribution in [0.1, 0.15) is 46.6 Å². The minimum absolute atomic E-state index is 0.0336. The summed E-state index contributed by atoms with van der Waals surface area (Å²) in [5.41, 5.74) is 11.6. The van der Waals surface area contributed by atoms with Crippen LogP contribution in [0.4, 0.5) is 0 Å². The van der Waals surface area contributed by atoms with E-state index >= 15 is 0 Å². The van der Waals surface area contributed by atoms with Crippen molar-refractivity contribution < 1.29 is 19.8 Å². The van der Waals surface area contributed by atoms with Crippen molar-refractivity contribution in [1.29, 1.82) is 0 Å². The van der Waals surface area contributed by atoms with Crippen LogP contribution in [0.3, 0.4) is 0 Å². The van der Waals surface area contributed by atoms with E-state index in [2.05, 4.69) is 57.7 Å². The van der Waals surface area contributed by atoms with Gasteiger partial charge in [0.15, 0.2) is 0 Å². The summed E-state index contributed by atoms with van der Waals surface area (Å²) in [5.74, 6) is -1.79. The molecular formula is C23H30N4O4S2. The summed E-state index contributed by atoms with van der Waals surface area (Å²) in [6, 6.07) is 4.36. The molecule has 2 aromatic rings. The van der Waals surface area contributed by atoms with Crippen LogP contribution < -0.4 is 0 Å². The summed E-state index contributed by atoms with van der Waals surface area (Å²) < 4.78 is 0. The summed E-state index contributed by atoms with van der Waals surface area (Å²) in [4.78, 5) is 28.3. The maximum absolute atomic E-state index is 11.2. The van der Waals surface area contributed by atoms with Gasteiger partial charge in [0, 0.05) is 39.9 Å². The zero-order chi connectivity index (χ0) is 24.2. The third-order valence-corrected chi connectivity index (χ3v) is 7.45. The fraction of sp³-hybridized carbons (Fsp3) is 0.478. The molecule has 1 fully saturated rings. The standard InChI is InChI=1S/C20H25NO2S2.C3H5N3O2/c1-14-7-11-24-18(14)17(19-15(2)8-12-25-19)6-4-10-21-9-3-5-16(13-21)20(22)23;4-6-5-2-1-3(7)8/h6-8,11-12,16H,3-5,9-10,13H2,1-2H3,(H,22,23);1-2H2,(H,7,8)/t16-;/m1./s1. The van der Waals surface area contributed by atoms with E-state index in [1.807, 2.05) is 0 Å². The van der Waals surface area contributed by atoms with Crippen LogP contribution in [0.25, 0.3) is 16.0 Å². The SMILES string of the molecule is Cc1ccsc1C(=CCCN1CCC[C@@H](C(=O)O)C1)c1sccc1C.[N-]=[N+]=NCCC(=O)O. The lowest BCUT2D eigenvalue weighted by Gasteiger charge is -2.30. The van der Waals surface area contributed by atoms with Gasteiger partial charge in [-0.2, -0.15) is 0 Å². The monoisotopic (exact) mass is 490 g/mol. The van der Waals surface area contributed by atoms with Gasteiger partial charge in [-0.3, -0.25) is 9.59 Å². The van der Waals surface area contributed by atoms with E-state index in [4.69, 9.17) is 10.6 Å². The zero-order valence-electron chi connectivity index (χ0n) is 18.9. The van der Waals surface area contributed by atoms with Gasteiger partial charge in [0.05, 0.1) is 12.3 Å². The predicted molar refractivity (Wildman–Crippen MR) is 133 cm³/mol. The topological polar surface area (TPSA) is 127 Å². The molecule has 178 valence electrons. The number of hydrogen-bond acceptors (Lipinski definition) is 6. The van der Waals surface area contributed by atoms with Crippen LogP contribution in [0, 0.1) is 19.8 Å². The van der Waals surface area contributed by atoms with Crippen LogP contribution in [0.2, 0.25) is 0 Å². The van der Waals surface area contributed by atoms with E-state index in [1.165, 1.54) is 26.5 Å². The summed E-state index contributed by atoms with van der Waals surface area (Å²) in [7, 11) is 0. The Morgan fingerprint density at radius 1 is 1.21 bits per heavy atom. The molecule has 2 N–H and O–H groups in total. The van der Waals surface area contributed by atoms with Gasteiger partial charge < -0.3 is 15.1 Å². The minimum Gasteiger partial charge on any atom is -0.481 e. The largest absolute Gasteiger partial charge is 0.481 e. The van der Waals surface area contributed by atoms with Crippen LogP contribution in [0.15, 0.2) is 34.1 Å². The Morgan fingerprint density at radius 2 is 1.85 bits per heavy atom. The number of aliphatic carboxylic acids is 2. The summed E-state index contributed by atoms with van der Waals surface area (Å²) in [5, 5.41) is 24.5. The van der Waals surface area contributed by atoms with E-state index in [0.29, 0.717) is 6.54 Å². The highest BCUT2D eigenvalue weighted by molar-refractivity contribution is 7.14. The molecule has 1 aliphatic rings. The van der Waals surface area contributed by atoms with Crippen molar-refractivity contribution in [3.05, 3.63) is 60.3 Å². The highest BCUT2D eigenvalue weighted by atomic mass is 32.1. The number of piperidine rings is 1. The molecule has 1 saturated heterocycles. The first-order valence-corrected chi connectivity index (χ1v) is 12.6. The first kappa shape index (κ1) is 26.6. The molecule has 3 heterocycles. The molecule has 0 aliphatic carbocycles. The molecule has 0 aromatic carbocycles. The van der Waals surface area contributed by atoms with Gasteiger partial charge in [-0.15, -0.1) is 22.7 Å². The molecule has 1 atom stereocenters. The molecule has 33 heavy (non-hydrogen) atoms. The highest BCUT2D eigenvalue weighted by Gasteiger charge is 2.24. The molecular weight excluding hydrogens is 460 g/mol. The Balaban J connectivity index is 0.000000414. The van der Waals surface area contributed by atoms with Gasteiger partial charge in [0.25, 0.3) is 0 Å².